The molecule has 0 saturated carbocycles. The summed E-state index contributed by atoms with van der Waals surface area (Å²) in [6.07, 6.45) is 3.17. The van der Waals surface area contributed by atoms with Crippen LogP contribution in [0.15, 0.2) is 76.6 Å². The van der Waals surface area contributed by atoms with E-state index in [1.54, 1.807) is 6.26 Å². The SMILES string of the molecule is CCNC(=NCc1cccc(-c2ncn[nH]2)c1)NCc1coc(-c2ccccc2)n1.I. The molecule has 2 heterocycles. The van der Waals surface area contributed by atoms with E-state index in [4.69, 9.17) is 4.42 Å². The van der Waals surface area contributed by atoms with Gasteiger partial charge >= 0.3 is 0 Å². The maximum absolute atomic E-state index is 5.60. The molecule has 0 aliphatic heterocycles. The van der Waals surface area contributed by atoms with Crippen molar-refractivity contribution in [3.63, 3.8) is 0 Å². The number of hydrogen-bond acceptors (Lipinski definition) is 5. The van der Waals surface area contributed by atoms with E-state index in [1.165, 1.54) is 6.33 Å². The van der Waals surface area contributed by atoms with E-state index < -0.39 is 0 Å². The lowest BCUT2D eigenvalue weighted by Crippen LogP contribution is -2.36. The topological polar surface area (TPSA) is 104 Å². The maximum atomic E-state index is 5.60. The van der Waals surface area contributed by atoms with Gasteiger partial charge < -0.3 is 15.1 Å². The molecule has 0 unspecified atom stereocenters. The molecule has 0 aliphatic carbocycles. The second-order valence-corrected chi connectivity index (χ2v) is 6.59. The first-order valence-electron chi connectivity index (χ1n) is 9.78. The molecule has 2 aromatic carbocycles. The van der Waals surface area contributed by atoms with E-state index in [-0.39, 0.29) is 24.0 Å². The first-order valence-corrected chi connectivity index (χ1v) is 9.78. The van der Waals surface area contributed by atoms with E-state index in [0.717, 1.165) is 34.8 Å². The molecule has 0 amide bonds. The van der Waals surface area contributed by atoms with Crippen molar-refractivity contribution >= 4 is 29.9 Å². The van der Waals surface area contributed by atoms with Crippen LogP contribution in [0.1, 0.15) is 18.2 Å². The molecule has 0 radical (unpaired) electrons. The van der Waals surface area contributed by atoms with E-state index in [0.29, 0.717) is 24.9 Å². The van der Waals surface area contributed by atoms with Gasteiger partial charge in [-0.05, 0) is 30.7 Å². The summed E-state index contributed by atoms with van der Waals surface area (Å²) in [6.45, 7) is 3.84. The van der Waals surface area contributed by atoms with Gasteiger partial charge in [0.1, 0.15) is 12.6 Å². The molecule has 0 fully saturated rings. The van der Waals surface area contributed by atoms with Crippen LogP contribution >= 0.6 is 24.0 Å². The van der Waals surface area contributed by atoms with Crippen molar-refractivity contribution < 1.29 is 4.42 Å². The lowest BCUT2D eigenvalue weighted by atomic mass is 10.1. The van der Waals surface area contributed by atoms with Gasteiger partial charge in [-0.15, -0.1) is 24.0 Å². The lowest BCUT2D eigenvalue weighted by Gasteiger charge is -2.10. The Bertz CT molecular complexity index is 1090. The summed E-state index contributed by atoms with van der Waals surface area (Å²) in [6, 6.07) is 17.9. The fourth-order valence-corrected chi connectivity index (χ4v) is 2.95. The van der Waals surface area contributed by atoms with Gasteiger partial charge in [0, 0.05) is 17.7 Å². The molecule has 0 aliphatic rings. The largest absolute Gasteiger partial charge is 0.444 e. The van der Waals surface area contributed by atoms with Gasteiger partial charge in [-0.3, -0.25) is 5.10 Å². The Morgan fingerprint density at radius 3 is 2.68 bits per heavy atom. The van der Waals surface area contributed by atoms with Crippen LogP contribution in [0.4, 0.5) is 0 Å². The van der Waals surface area contributed by atoms with Crippen molar-refractivity contribution in [1.29, 1.82) is 0 Å². The minimum Gasteiger partial charge on any atom is -0.444 e. The van der Waals surface area contributed by atoms with Crippen LogP contribution in [-0.4, -0.2) is 32.7 Å². The summed E-state index contributed by atoms with van der Waals surface area (Å²) in [5, 5.41) is 13.3. The highest BCUT2D eigenvalue weighted by atomic mass is 127. The normalized spacial score (nSPS) is 11.1. The van der Waals surface area contributed by atoms with Crippen LogP contribution in [0.25, 0.3) is 22.8 Å². The average molecular weight is 529 g/mol. The standard InChI is InChI=1S/C22H23N7O.HI/c1-2-23-22(24-12-16-7-6-10-18(11-16)20-26-15-27-29-20)25-13-19-14-30-21(28-19)17-8-4-3-5-9-17;/h3-11,14-15H,2,12-13H2,1H3,(H2,23,24,25)(H,26,27,29);1H. The minimum absolute atomic E-state index is 0. The van der Waals surface area contributed by atoms with Crippen LogP contribution in [0, 0.1) is 0 Å². The van der Waals surface area contributed by atoms with Crippen LogP contribution in [0.3, 0.4) is 0 Å². The number of aromatic amines is 1. The summed E-state index contributed by atoms with van der Waals surface area (Å²) in [5.41, 5.74) is 3.82. The van der Waals surface area contributed by atoms with Gasteiger partial charge in [-0.25, -0.2) is 15.0 Å². The molecule has 4 aromatic rings. The van der Waals surface area contributed by atoms with Gasteiger partial charge in [-0.1, -0.05) is 36.4 Å². The number of hydrogen-bond donors (Lipinski definition) is 3. The maximum Gasteiger partial charge on any atom is 0.226 e. The van der Waals surface area contributed by atoms with Gasteiger partial charge in [-0.2, -0.15) is 5.10 Å². The van der Waals surface area contributed by atoms with Crippen molar-refractivity contribution in [1.82, 2.24) is 30.8 Å². The molecule has 31 heavy (non-hydrogen) atoms. The Morgan fingerprint density at radius 2 is 1.90 bits per heavy atom. The molecule has 0 spiro atoms. The van der Waals surface area contributed by atoms with Crippen molar-refractivity contribution in [2.45, 2.75) is 20.0 Å². The minimum atomic E-state index is 0. The smallest absolute Gasteiger partial charge is 0.226 e. The number of halogens is 1. The summed E-state index contributed by atoms with van der Waals surface area (Å²) in [4.78, 5) is 13.4. The molecule has 160 valence electrons. The molecule has 2 aromatic heterocycles. The highest BCUT2D eigenvalue weighted by molar-refractivity contribution is 14.0. The van der Waals surface area contributed by atoms with Crippen molar-refractivity contribution in [2.24, 2.45) is 4.99 Å². The molecule has 3 N–H and O–H groups in total. The average Bonchev–Trinajstić information content (AvgIpc) is 3.49. The summed E-state index contributed by atoms with van der Waals surface area (Å²) >= 11 is 0. The highest BCUT2D eigenvalue weighted by Crippen LogP contribution is 2.18. The van der Waals surface area contributed by atoms with Crippen LogP contribution in [-0.2, 0) is 13.1 Å². The summed E-state index contributed by atoms with van der Waals surface area (Å²) in [5.74, 6) is 2.07. The zero-order valence-corrected chi connectivity index (χ0v) is 19.4. The Morgan fingerprint density at radius 1 is 1.06 bits per heavy atom. The predicted octanol–water partition coefficient (Wildman–Crippen LogP) is 4.00. The molecule has 0 bridgehead atoms. The fourth-order valence-electron chi connectivity index (χ4n) is 2.95. The summed E-state index contributed by atoms with van der Waals surface area (Å²) < 4.78 is 5.60. The van der Waals surface area contributed by atoms with Crippen molar-refractivity contribution in [3.05, 3.63) is 78.4 Å². The highest BCUT2D eigenvalue weighted by Gasteiger charge is 2.07. The first-order chi connectivity index (χ1) is 14.8. The van der Waals surface area contributed by atoms with Gasteiger partial charge in [0.05, 0.1) is 18.8 Å². The number of rotatable bonds is 7. The number of H-pyrrole nitrogens is 1. The number of guanidine groups is 1. The number of oxazole rings is 1. The monoisotopic (exact) mass is 529 g/mol. The molecule has 8 nitrogen and oxygen atoms in total. The molecular weight excluding hydrogens is 505 g/mol. The molecule has 9 heteroatoms. The zero-order chi connectivity index (χ0) is 20.6. The predicted molar refractivity (Wildman–Crippen MR) is 131 cm³/mol. The van der Waals surface area contributed by atoms with Crippen molar-refractivity contribution in [2.75, 3.05) is 6.54 Å². The first kappa shape index (κ1) is 22.5. The van der Waals surface area contributed by atoms with E-state index in [2.05, 4.69) is 41.9 Å². The zero-order valence-electron chi connectivity index (χ0n) is 17.1. The quantitative estimate of drug-likeness (QED) is 0.190. The number of nitrogens with one attached hydrogen (secondary N) is 3. The molecule has 0 saturated heterocycles. The van der Waals surface area contributed by atoms with Crippen molar-refractivity contribution in [3.8, 4) is 22.8 Å². The second kappa shape index (κ2) is 11.3. The van der Waals surface area contributed by atoms with E-state index in [1.807, 2.05) is 55.5 Å². The number of nitrogens with zero attached hydrogens (tertiary/aromatic N) is 4. The Labute approximate surface area is 197 Å². The van der Waals surface area contributed by atoms with E-state index >= 15 is 0 Å². The summed E-state index contributed by atoms with van der Waals surface area (Å²) in [7, 11) is 0. The van der Waals surface area contributed by atoms with E-state index in [9.17, 15) is 0 Å². The Balaban J connectivity index is 0.00000272. The number of benzene rings is 2. The number of aromatic nitrogens is 4. The molecule has 0 atom stereocenters. The van der Waals surface area contributed by atoms with Gasteiger partial charge in [0.2, 0.25) is 5.89 Å². The van der Waals surface area contributed by atoms with Crippen LogP contribution in [0.5, 0.6) is 0 Å². The third kappa shape index (κ3) is 6.14. The molecular formula is C22H24IN7O. The third-order valence-corrected chi connectivity index (χ3v) is 4.39. The second-order valence-electron chi connectivity index (χ2n) is 6.59. The van der Waals surface area contributed by atoms with Gasteiger partial charge in [0.25, 0.3) is 0 Å². The fraction of sp³-hybridized carbons (Fsp3) is 0.182. The third-order valence-electron chi connectivity index (χ3n) is 4.39. The van der Waals surface area contributed by atoms with Crippen LogP contribution in [0.2, 0.25) is 0 Å². The lowest BCUT2D eigenvalue weighted by molar-refractivity contribution is 0.572. The Kier molecular flexibility index (Phi) is 8.16. The molecule has 4 rings (SSSR count). The number of aliphatic imine (C=N–C) groups is 1. The van der Waals surface area contributed by atoms with Crippen LogP contribution < -0.4 is 10.6 Å². The Hall–Kier alpha value is -3.21. The van der Waals surface area contributed by atoms with Gasteiger partial charge in [0.15, 0.2) is 11.8 Å².